The van der Waals surface area contributed by atoms with Gasteiger partial charge < -0.3 is 19.3 Å². The van der Waals surface area contributed by atoms with E-state index in [1.165, 1.54) is 5.56 Å². The highest BCUT2D eigenvalue weighted by Gasteiger charge is 2.15. The van der Waals surface area contributed by atoms with Gasteiger partial charge in [-0.15, -0.1) is 0 Å². The Morgan fingerprint density at radius 3 is 1.15 bits per heavy atom. The third kappa shape index (κ3) is 10.1. The zero-order chi connectivity index (χ0) is 38.6. The molecule has 0 bridgehead atoms. The van der Waals surface area contributed by atoms with Crippen molar-refractivity contribution in [2.45, 2.75) is 33.1 Å². The molecule has 0 amide bonds. The lowest BCUT2D eigenvalue weighted by atomic mass is 10.0. The molecule has 0 spiro atoms. The standard InChI is InChI=1S/C49H46N2O4/c1-36(2)48(52)54-34-11-12-38-17-25-44(26-18-38)50(42-13-7-5-8-14-42)46-29-21-40(22-30-46)41-23-31-47(32-24-41)51(43-15-9-6-10-16-43)45-27-19-39(20-28-45)33-35-55-49(53)37(3)4/h5-10,13-32H,1,3,11-12,33-35H2,2,4H3. The predicted molar refractivity (Wildman–Crippen MR) is 225 cm³/mol. The lowest BCUT2D eigenvalue weighted by Gasteiger charge is -2.26. The number of carbonyl (C=O) groups is 2. The van der Waals surface area contributed by atoms with Crippen molar-refractivity contribution in [2.24, 2.45) is 0 Å². The van der Waals surface area contributed by atoms with Crippen LogP contribution in [0.4, 0.5) is 34.1 Å². The number of esters is 2. The van der Waals surface area contributed by atoms with E-state index in [0.29, 0.717) is 30.8 Å². The van der Waals surface area contributed by atoms with Crippen LogP contribution in [0.15, 0.2) is 182 Å². The van der Waals surface area contributed by atoms with Gasteiger partial charge in [0.1, 0.15) is 0 Å². The molecule has 0 atom stereocenters. The van der Waals surface area contributed by atoms with Gasteiger partial charge in [0.15, 0.2) is 0 Å². The van der Waals surface area contributed by atoms with Gasteiger partial charge in [0.05, 0.1) is 13.2 Å². The second-order valence-electron chi connectivity index (χ2n) is 13.5. The molecule has 6 rings (SSSR count). The van der Waals surface area contributed by atoms with Crippen LogP contribution in [-0.4, -0.2) is 25.2 Å². The summed E-state index contributed by atoms with van der Waals surface area (Å²) in [6, 6.07) is 54.9. The van der Waals surface area contributed by atoms with E-state index in [-0.39, 0.29) is 11.9 Å². The Morgan fingerprint density at radius 1 is 0.436 bits per heavy atom. The first-order valence-corrected chi connectivity index (χ1v) is 18.5. The summed E-state index contributed by atoms with van der Waals surface area (Å²) in [5, 5.41) is 0. The predicted octanol–water partition coefficient (Wildman–Crippen LogP) is 12.0. The largest absolute Gasteiger partial charge is 0.462 e. The lowest BCUT2D eigenvalue weighted by molar-refractivity contribution is -0.139. The number of ether oxygens (including phenoxy) is 2. The number of rotatable bonds is 16. The summed E-state index contributed by atoms with van der Waals surface area (Å²) in [4.78, 5) is 28.0. The fourth-order valence-electron chi connectivity index (χ4n) is 6.23. The highest BCUT2D eigenvalue weighted by atomic mass is 16.5. The number of para-hydroxylation sites is 2. The van der Waals surface area contributed by atoms with Crippen molar-refractivity contribution < 1.29 is 19.1 Å². The van der Waals surface area contributed by atoms with Crippen LogP contribution in [0, 0.1) is 0 Å². The molecule has 6 aromatic carbocycles. The van der Waals surface area contributed by atoms with Gasteiger partial charge >= 0.3 is 11.9 Å². The summed E-state index contributed by atoms with van der Waals surface area (Å²) < 4.78 is 10.6. The number of benzene rings is 6. The van der Waals surface area contributed by atoms with E-state index >= 15 is 0 Å². The van der Waals surface area contributed by atoms with Gasteiger partial charge in [-0.3, -0.25) is 0 Å². The summed E-state index contributed by atoms with van der Waals surface area (Å²) in [5.74, 6) is -0.708. The molecule has 0 unspecified atom stereocenters. The van der Waals surface area contributed by atoms with E-state index in [4.69, 9.17) is 9.47 Å². The van der Waals surface area contributed by atoms with Crippen molar-refractivity contribution >= 4 is 46.1 Å². The van der Waals surface area contributed by atoms with Gasteiger partial charge in [-0.05, 0) is 122 Å². The highest BCUT2D eigenvalue weighted by molar-refractivity contribution is 5.87. The minimum absolute atomic E-state index is 0.312. The summed E-state index contributed by atoms with van der Waals surface area (Å²) in [7, 11) is 0. The summed E-state index contributed by atoms with van der Waals surface area (Å²) >= 11 is 0. The zero-order valence-corrected chi connectivity index (χ0v) is 31.5. The van der Waals surface area contributed by atoms with Crippen LogP contribution in [0.2, 0.25) is 0 Å². The maximum Gasteiger partial charge on any atom is 0.333 e. The number of carbonyl (C=O) groups excluding carboxylic acids is 2. The molecule has 6 heteroatoms. The van der Waals surface area contributed by atoms with Crippen molar-refractivity contribution in [3.05, 3.63) is 193 Å². The average Bonchev–Trinajstić information content (AvgIpc) is 3.22. The maximum atomic E-state index is 11.8. The molecule has 0 aliphatic carbocycles. The van der Waals surface area contributed by atoms with E-state index in [1.807, 2.05) is 24.3 Å². The number of nitrogens with zero attached hydrogens (tertiary/aromatic N) is 2. The Kier molecular flexibility index (Phi) is 12.7. The van der Waals surface area contributed by atoms with Gasteiger partial charge in [-0.25, -0.2) is 9.59 Å². The third-order valence-corrected chi connectivity index (χ3v) is 9.17. The molecule has 0 aliphatic rings. The average molecular weight is 727 g/mol. The van der Waals surface area contributed by atoms with E-state index < -0.39 is 0 Å². The maximum absolute atomic E-state index is 11.8. The molecule has 0 saturated carbocycles. The molecule has 55 heavy (non-hydrogen) atoms. The van der Waals surface area contributed by atoms with Gasteiger partial charge in [-0.1, -0.05) is 98.1 Å². The monoisotopic (exact) mass is 726 g/mol. The smallest absolute Gasteiger partial charge is 0.333 e. The molecule has 0 radical (unpaired) electrons. The minimum atomic E-state index is -0.364. The SMILES string of the molecule is C=C(C)C(=O)OCCCc1ccc(N(c2ccccc2)c2ccc(-c3ccc(N(c4ccccc4)c4ccc(CCOC(=O)C(=C)C)cc4)cc3)cc2)cc1. The topological polar surface area (TPSA) is 59.1 Å². The van der Waals surface area contributed by atoms with Crippen LogP contribution >= 0.6 is 0 Å². The second kappa shape index (κ2) is 18.4. The molecule has 6 aromatic rings. The van der Waals surface area contributed by atoms with E-state index in [2.05, 4.69) is 156 Å². The van der Waals surface area contributed by atoms with Crippen LogP contribution < -0.4 is 9.80 Å². The Bertz CT molecular complexity index is 2200. The van der Waals surface area contributed by atoms with E-state index in [1.54, 1.807) is 13.8 Å². The third-order valence-electron chi connectivity index (χ3n) is 9.17. The Hall–Kier alpha value is -6.66. The lowest BCUT2D eigenvalue weighted by Crippen LogP contribution is -2.10. The molecule has 6 nitrogen and oxygen atoms in total. The van der Waals surface area contributed by atoms with E-state index in [9.17, 15) is 9.59 Å². The van der Waals surface area contributed by atoms with Crippen LogP contribution in [0.25, 0.3) is 11.1 Å². The fourth-order valence-corrected chi connectivity index (χ4v) is 6.23. The first kappa shape index (κ1) is 38.1. The van der Waals surface area contributed by atoms with Gasteiger partial charge in [-0.2, -0.15) is 0 Å². The number of aryl methyl sites for hydroxylation is 1. The van der Waals surface area contributed by atoms with Gasteiger partial charge in [0.25, 0.3) is 0 Å². The van der Waals surface area contributed by atoms with Gasteiger partial charge in [0.2, 0.25) is 0 Å². The molecular formula is C49H46N2O4. The van der Waals surface area contributed by atoms with Crippen LogP contribution in [0.5, 0.6) is 0 Å². The second-order valence-corrected chi connectivity index (χ2v) is 13.5. The molecule has 0 saturated heterocycles. The molecule has 276 valence electrons. The quantitative estimate of drug-likeness (QED) is 0.0562. The van der Waals surface area contributed by atoms with Crippen LogP contribution in [0.3, 0.4) is 0 Å². The van der Waals surface area contributed by atoms with Crippen molar-refractivity contribution in [2.75, 3.05) is 23.0 Å². The van der Waals surface area contributed by atoms with Crippen LogP contribution in [-0.2, 0) is 31.9 Å². The van der Waals surface area contributed by atoms with Crippen molar-refractivity contribution in [3.63, 3.8) is 0 Å². The van der Waals surface area contributed by atoms with Crippen molar-refractivity contribution in [1.82, 2.24) is 0 Å². The summed E-state index contributed by atoms with van der Waals surface area (Å²) in [6.07, 6.45) is 2.19. The Morgan fingerprint density at radius 2 is 0.764 bits per heavy atom. The molecule has 0 aliphatic heterocycles. The van der Waals surface area contributed by atoms with Crippen molar-refractivity contribution in [1.29, 1.82) is 0 Å². The molecule has 0 N–H and O–H groups in total. The molecule has 0 aromatic heterocycles. The number of hydrogen-bond donors (Lipinski definition) is 0. The normalized spacial score (nSPS) is 10.7. The molecule has 0 heterocycles. The Balaban J connectivity index is 1.18. The zero-order valence-electron chi connectivity index (χ0n) is 31.5. The highest BCUT2D eigenvalue weighted by Crippen LogP contribution is 2.38. The number of anilines is 6. The van der Waals surface area contributed by atoms with Crippen molar-refractivity contribution in [3.8, 4) is 11.1 Å². The summed E-state index contributed by atoms with van der Waals surface area (Å²) in [5.41, 5.74) is 11.6. The number of hydrogen-bond acceptors (Lipinski definition) is 6. The van der Waals surface area contributed by atoms with Crippen LogP contribution in [0.1, 0.15) is 31.4 Å². The fraction of sp³-hybridized carbons (Fsp3) is 0.143. The first-order chi connectivity index (χ1) is 26.8. The molecular weight excluding hydrogens is 681 g/mol. The van der Waals surface area contributed by atoms with E-state index in [0.717, 1.165) is 63.7 Å². The molecule has 0 fully saturated rings. The summed E-state index contributed by atoms with van der Waals surface area (Å²) in [6.45, 7) is 11.3. The Labute approximate surface area is 324 Å². The minimum Gasteiger partial charge on any atom is -0.462 e. The first-order valence-electron chi connectivity index (χ1n) is 18.5. The van der Waals surface area contributed by atoms with Gasteiger partial charge in [0, 0.05) is 51.7 Å².